The van der Waals surface area contributed by atoms with E-state index in [2.05, 4.69) is 0 Å². The number of hydrogen-bond acceptors (Lipinski definition) is 3. The highest BCUT2D eigenvalue weighted by molar-refractivity contribution is 5.74. The number of piperidine rings is 3. The van der Waals surface area contributed by atoms with Gasteiger partial charge in [-0.15, -0.1) is 0 Å². The molecule has 3 fully saturated rings. The summed E-state index contributed by atoms with van der Waals surface area (Å²) in [6, 6.07) is -0.490. The predicted octanol–water partition coefficient (Wildman–Crippen LogP) is -1.05. The molecule has 3 saturated heterocycles. The molecule has 4 nitrogen and oxygen atoms in total. The highest BCUT2D eigenvalue weighted by Gasteiger charge is 2.43. The molecule has 4 heteroatoms. The first-order valence-electron chi connectivity index (χ1n) is 5.87. The Hall–Kier alpha value is -0.610. The number of nitrogens with one attached hydrogen (secondary N) is 1. The Morgan fingerprint density at radius 1 is 1.40 bits per heavy atom. The van der Waals surface area contributed by atoms with Crippen molar-refractivity contribution in [2.75, 3.05) is 26.2 Å². The minimum atomic E-state index is -0.490. The summed E-state index contributed by atoms with van der Waals surface area (Å²) in [5.41, 5.74) is 5.75. The van der Waals surface area contributed by atoms with Crippen molar-refractivity contribution in [2.24, 2.45) is 11.1 Å². The molecule has 3 rings (SSSR count). The summed E-state index contributed by atoms with van der Waals surface area (Å²) in [6.07, 6.45) is 3.61. The van der Waals surface area contributed by atoms with Crippen molar-refractivity contribution in [2.45, 2.75) is 32.2 Å². The van der Waals surface area contributed by atoms with Crippen molar-refractivity contribution in [1.82, 2.24) is 0 Å². The third-order valence-corrected chi connectivity index (χ3v) is 3.92. The first kappa shape index (κ1) is 10.9. The molecule has 2 bridgehead atoms. The molecule has 0 saturated carbocycles. The van der Waals surface area contributed by atoms with Crippen LogP contribution in [0.5, 0.6) is 0 Å². The van der Waals surface area contributed by atoms with Crippen LogP contribution >= 0.6 is 0 Å². The van der Waals surface area contributed by atoms with E-state index in [1.807, 2.05) is 0 Å². The lowest BCUT2D eigenvalue weighted by molar-refractivity contribution is -0.919. The van der Waals surface area contributed by atoms with E-state index in [1.54, 1.807) is 11.8 Å². The molecule has 0 radical (unpaired) electrons. The molecule has 0 aliphatic carbocycles. The van der Waals surface area contributed by atoms with E-state index in [0.717, 1.165) is 0 Å². The molecule has 3 aliphatic rings. The summed E-state index contributed by atoms with van der Waals surface area (Å²) in [6.45, 7) is 6.00. The van der Waals surface area contributed by atoms with Crippen molar-refractivity contribution in [3.8, 4) is 0 Å². The normalized spacial score (nSPS) is 36.3. The average molecular weight is 213 g/mol. The van der Waals surface area contributed by atoms with Gasteiger partial charge in [-0.1, -0.05) is 0 Å². The van der Waals surface area contributed by atoms with Crippen molar-refractivity contribution >= 4 is 5.97 Å². The van der Waals surface area contributed by atoms with Crippen LogP contribution < -0.4 is 10.6 Å². The van der Waals surface area contributed by atoms with Crippen LogP contribution in [0, 0.1) is 5.41 Å². The van der Waals surface area contributed by atoms with Gasteiger partial charge in [0.2, 0.25) is 0 Å². The van der Waals surface area contributed by atoms with Crippen LogP contribution in [0.15, 0.2) is 0 Å². The fourth-order valence-electron chi connectivity index (χ4n) is 2.65. The first-order chi connectivity index (χ1) is 7.11. The number of hydrogen-bond donors (Lipinski definition) is 2. The van der Waals surface area contributed by atoms with Gasteiger partial charge in [0.25, 0.3) is 0 Å². The lowest BCUT2D eigenvalue weighted by atomic mass is 9.73. The maximum absolute atomic E-state index is 11.3. The highest BCUT2D eigenvalue weighted by atomic mass is 16.5. The van der Waals surface area contributed by atoms with E-state index in [9.17, 15) is 4.79 Å². The molecular weight excluding hydrogens is 192 g/mol. The van der Waals surface area contributed by atoms with Crippen LogP contribution in [0.25, 0.3) is 0 Å². The highest BCUT2D eigenvalue weighted by Crippen LogP contribution is 2.34. The van der Waals surface area contributed by atoms with Gasteiger partial charge in [-0.25, -0.2) is 0 Å². The Morgan fingerprint density at radius 2 is 1.93 bits per heavy atom. The minimum absolute atomic E-state index is 0.260. The molecule has 3 heterocycles. The van der Waals surface area contributed by atoms with Crippen LogP contribution in [0.2, 0.25) is 0 Å². The van der Waals surface area contributed by atoms with E-state index in [0.29, 0.717) is 6.61 Å². The van der Waals surface area contributed by atoms with E-state index < -0.39 is 6.04 Å². The van der Waals surface area contributed by atoms with Gasteiger partial charge in [-0.05, 0) is 6.92 Å². The maximum Gasteiger partial charge on any atom is 0.322 e. The van der Waals surface area contributed by atoms with Crippen LogP contribution in [-0.2, 0) is 9.53 Å². The second kappa shape index (κ2) is 4.10. The number of quaternary nitrogens is 1. The number of nitrogens with two attached hydrogens (primary N) is 1. The molecule has 1 atom stereocenters. The Bertz CT molecular complexity index is 231. The quantitative estimate of drug-likeness (QED) is 0.588. The second-order valence-electron chi connectivity index (χ2n) is 5.15. The fourth-order valence-corrected chi connectivity index (χ4v) is 2.65. The van der Waals surface area contributed by atoms with Crippen LogP contribution in [-0.4, -0.2) is 38.3 Å². The summed E-state index contributed by atoms with van der Waals surface area (Å²) >= 11 is 0. The number of rotatable bonds is 3. The molecule has 86 valence electrons. The van der Waals surface area contributed by atoms with Gasteiger partial charge >= 0.3 is 5.97 Å². The predicted molar refractivity (Wildman–Crippen MR) is 56.5 cm³/mol. The Balaban J connectivity index is 1.85. The molecule has 15 heavy (non-hydrogen) atoms. The van der Waals surface area contributed by atoms with Crippen LogP contribution in [0.1, 0.15) is 26.2 Å². The Morgan fingerprint density at radius 3 is 2.40 bits per heavy atom. The molecule has 0 amide bonds. The van der Waals surface area contributed by atoms with Crippen molar-refractivity contribution in [1.29, 1.82) is 0 Å². The largest absolute Gasteiger partial charge is 0.464 e. The minimum Gasteiger partial charge on any atom is -0.464 e. The zero-order chi connectivity index (χ0) is 10.9. The smallest absolute Gasteiger partial charge is 0.322 e. The maximum atomic E-state index is 11.3. The van der Waals surface area contributed by atoms with Gasteiger partial charge in [0.05, 0.1) is 26.2 Å². The van der Waals surface area contributed by atoms with E-state index in [1.165, 1.54) is 38.9 Å². The summed E-state index contributed by atoms with van der Waals surface area (Å²) in [5, 5.41) is 0. The van der Waals surface area contributed by atoms with Gasteiger partial charge in [0.1, 0.15) is 6.04 Å². The van der Waals surface area contributed by atoms with Gasteiger partial charge in [-0.2, -0.15) is 0 Å². The number of carbonyl (C=O) groups excluding carboxylic acids is 1. The zero-order valence-corrected chi connectivity index (χ0v) is 9.42. The van der Waals surface area contributed by atoms with E-state index in [4.69, 9.17) is 10.5 Å². The van der Waals surface area contributed by atoms with Crippen LogP contribution in [0.4, 0.5) is 0 Å². The SMILES string of the molecule is C[C@H](N)C(=O)OCC12CC[NH+](CC1)CC2. The number of esters is 1. The fraction of sp³-hybridized carbons (Fsp3) is 0.909. The first-order valence-corrected chi connectivity index (χ1v) is 5.87. The van der Waals surface area contributed by atoms with Crippen molar-refractivity contribution in [3.05, 3.63) is 0 Å². The number of ether oxygens (including phenoxy) is 1. The molecule has 0 aromatic rings. The van der Waals surface area contributed by atoms with Crippen molar-refractivity contribution in [3.63, 3.8) is 0 Å². The monoisotopic (exact) mass is 213 g/mol. The standard InChI is InChI=1S/C11H20N2O2/c1-9(12)10(14)15-8-11-2-5-13(6-3-11)7-4-11/h9H,2-8,12H2,1H3/p+1/t9-/m0/s1. The summed E-state index contributed by atoms with van der Waals surface area (Å²) in [4.78, 5) is 13.0. The Kier molecular flexibility index (Phi) is 2.98. The van der Waals surface area contributed by atoms with E-state index >= 15 is 0 Å². The average Bonchev–Trinajstić information content (AvgIpc) is 2.28. The summed E-state index contributed by atoms with van der Waals surface area (Å²) in [7, 11) is 0. The van der Waals surface area contributed by atoms with Crippen LogP contribution in [0.3, 0.4) is 0 Å². The topological polar surface area (TPSA) is 56.8 Å². The van der Waals surface area contributed by atoms with Gasteiger partial charge < -0.3 is 15.4 Å². The molecule has 0 spiro atoms. The second-order valence-corrected chi connectivity index (χ2v) is 5.15. The molecule has 3 aliphatic heterocycles. The van der Waals surface area contributed by atoms with Gasteiger partial charge in [-0.3, -0.25) is 4.79 Å². The molecule has 3 N–H and O–H groups in total. The number of fused-ring (bicyclic) bond motifs is 3. The number of carbonyl (C=O) groups is 1. The third-order valence-electron chi connectivity index (χ3n) is 3.92. The zero-order valence-electron chi connectivity index (χ0n) is 9.42. The van der Waals surface area contributed by atoms with Crippen molar-refractivity contribution < 1.29 is 14.4 Å². The molecular formula is C11H21N2O2+. The van der Waals surface area contributed by atoms with E-state index in [-0.39, 0.29) is 11.4 Å². The van der Waals surface area contributed by atoms with Gasteiger partial charge in [0, 0.05) is 24.7 Å². The Labute approximate surface area is 90.8 Å². The molecule has 0 unspecified atom stereocenters. The summed E-state index contributed by atoms with van der Waals surface area (Å²) in [5.74, 6) is -0.260. The molecule has 0 aromatic heterocycles. The third kappa shape index (κ3) is 2.32. The summed E-state index contributed by atoms with van der Waals surface area (Å²) < 4.78 is 5.29. The lowest BCUT2D eigenvalue weighted by Gasteiger charge is -2.45. The molecule has 0 aromatic carbocycles. The van der Waals surface area contributed by atoms with Gasteiger partial charge in [0.15, 0.2) is 0 Å². The lowest BCUT2D eigenvalue weighted by Crippen LogP contribution is -3.15.